The van der Waals surface area contributed by atoms with Crippen LogP contribution in [0.1, 0.15) is 20.8 Å². The molecule has 0 unspecified atom stereocenters. The fourth-order valence-electron chi connectivity index (χ4n) is 2.20. The van der Waals surface area contributed by atoms with Gasteiger partial charge < -0.3 is 10.2 Å². The molecule has 88 valence electrons. The molecule has 16 heavy (non-hydrogen) atoms. The Balaban J connectivity index is 2.40. The summed E-state index contributed by atoms with van der Waals surface area (Å²) in [7, 11) is 0. The average Bonchev–Trinajstić information content (AvgIpc) is 2.35. The van der Waals surface area contributed by atoms with E-state index < -0.39 is 0 Å². The van der Waals surface area contributed by atoms with Crippen LogP contribution in [0, 0.1) is 11.2 Å². The lowest BCUT2D eigenvalue weighted by atomic mass is 9.93. The lowest BCUT2D eigenvalue weighted by Gasteiger charge is -2.30. The summed E-state index contributed by atoms with van der Waals surface area (Å²) in [5, 5.41) is 3.34. The molecule has 0 bridgehead atoms. The maximum atomic E-state index is 13.2. The molecular weight excluding hydrogens is 203 g/mol. The van der Waals surface area contributed by atoms with Gasteiger partial charge in [-0.25, -0.2) is 4.39 Å². The molecule has 0 fully saturated rings. The third kappa shape index (κ3) is 2.13. The van der Waals surface area contributed by atoms with Crippen LogP contribution in [0.5, 0.6) is 0 Å². The van der Waals surface area contributed by atoms with Crippen molar-refractivity contribution < 1.29 is 4.39 Å². The number of nitrogens with one attached hydrogen (secondary N) is 1. The first kappa shape index (κ1) is 11.2. The fourth-order valence-corrected chi connectivity index (χ4v) is 2.20. The molecule has 0 amide bonds. The Morgan fingerprint density at radius 1 is 1.44 bits per heavy atom. The van der Waals surface area contributed by atoms with E-state index in [1.807, 2.05) is 6.07 Å². The van der Waals surface area contributed by atoms with Crippen molar-refractivity contribution in [3.63, 3.8) is 0 Å². The molecular formula is C13H19FN2. The van der Waals surface area contributed by atoms with Crippen LogP contribution in [0.4, 0.5) is 15.8 Å². The monoisotopic (exact) mass is 222 g/mol. The molecule has 2 nitrogen and oxygen atoms in total. The first-order valence-electron chi connectivity index (χ1n) is 5.80. The van der Waals surface area contributed by atoms with Crippen molar-refractivity contribution in [3.05, 3.63) is 24.0 Å². The van der Waals surface area contributed by atoms with Crippen molar-refractivity contribution >= 4 is 11.4 Å². The van der Waals surface area contributed by atoms with Gasteiger partial charge in [-0.1, -0.05) is 13.8 Å². The van der Waals surface area contributed by atoms with Gasteiger partial charge in [-0.3, -0.25) is 0 Å². The van der Waals surface area contributed by atoms with Gasteiger partial charge in [0.1, 0.15) is 5.82 Å². The summed E-state index contributed by atoms with van der Waals surface area (Å²) in [6.45, 7) is 9.41. The first-order chi connectivity index (χ1) is 7.52. The van der Waals surface area contributed by atoms with Crippen molar-refractivity contribution in [1.29, 1.82) is 0 Å². The van der Waals surface area contributed by atoms with Gasteiger partial charge in [-0.05, 0) is 30.5 Å². The zero-order chi connectivity index (χ0) is 11.8. The molecule has 0 aliphatic carbocycles. The number of anilines is 2. The smallest absolute Gasteiger partial charge is 0.125 e. The highest BCUT2D eigenvalue weighted by molar-refractivity contribution is 5.71. The van der Waals surface area contributed by atoms with E-state index in [-0.39, 0.29) is 11.2 Å². The Kier molecular flexibility index (Phi) is 2.78. The molecule has 3 heteroatoms. The number of rotatable bonds is 1. The lowest BCUT2D eigenvalue weighted by molar-refractivity contribution is 0.397. The summed E-state index contributed by atoms with van der Waals surface area (Å²) in [5.74, 6) is -0.179. The molecule has 2 rings (SSSR count). The number of nitrogens with zero attached hydrogens (tertiary/aromatic N) is 1. The molecule has 0 radical (unpaired) electrons. The molecule has 0 saturated carbocycles. The van der Waals surface area contributed by atoms with Gasteiger partial charge in [0.2, 0.25) is 0 Å². The van der Waals surface area contributed by atoms with Crippen molar-refractivity contribution in [2.45, 2.75) is 20.8 Å². The quantitative estimate of drug-likeness (QED) is 0.785. The highest BCUT2D eigenvalue weighted by Crippen LogP contribution is 2.33. The maximum absolute atomic E-state index is 13.2. The van der Waals surface area contributed by atoms with E-state index >= 15 is 0 Å². The third-order valence-corrected chi connectivity index (χ3v) is 3.06. The highest BCUT2D eigenvalue weighted by atomic mass is 19.1. The van der Waals surface area contributed by atoms with E-state index in [9.17, 15) is 4.39 Å². The summed E-state index contributed by atoms with van der Waals surface area (Å²) in [4.78, 5) is 2.30. The van der Waals surface area contributed by atoms with Gasteiger partial charge in [0, 0.05) is 19.6 Å². The topological polar surface area (TPSA) is 15.3 Å². The standard InChI is InChI=1S/C13H19FN2/c1-4-16-9-13(2,3)8-15-11-7-10(14)5-6-12(11)16/h5-7,15H,4,8-9H2,1-3H3. The zero-order valence-corrected chi connectivity index (χ0v) is 10.2. The summed E-state index contributed by atoms with van der Waals surface area (Å²) in [6.07, 6.45) is 0. The van der Waals surface area contributed by atoms with Crippen LogP contribution in [0.15, 0.2) is 18.2 Å². The van der Waals surface area contributed by atoms with Crippen molar-refractivity contribution in [2.24, 2.45) is 5.41 Å². The summed E-state index contributed by atoms with van der Waals surface area (Å²) >= 11 is 0. The van der Waals surface area contributed by atoms with Crippen molar-refractivity contribution in [1.82, 2.24) is 0 Å². The minimum absolute atomic E-state index is 0.179. The van der Waals surface area contributed by atoms with E-state index in [0.29, 0.717) is 0 Å². The van der Waals surface area contributed by atoms with E-state index in [2.05, 4.69) is 31.0 Å². The molecule has 1 aromatic rings. The predicted octanol–water partition coefficient (Wildman–Crippen LogP) is 3.10. The zero-order valence-electron chi connectivity index (χ0n) is 10.2. The molecule has 1 N–H and O–H groups in total. The largest absolute Gasteiger partial charge is 0.383 e. The Morgan fingerprint density at radius 2 is 2.19 bits per heavy atom. The number of halogens is 1. The van der Waals surface area contributed by atoms with Gasteiger partial charge >= 0.3 is 0 Å². The van der Waals surface area contributed by atoms with E-state index in [1.54, 1.807) is 6.07 Å². The van der Waals surface area contributed by atoms with Gasteiger partial charge in [-0.15, -0.1) is 0 Å². The van der Waals surface area contributed by atoms with Crippen LogP contribution in [0.25, 0.3) is 0 Å². The maximum Gasteiger partial charge on any atom is 0.125 e. The number of hydrogen-bond acceptors (Lipinski definition) is 2. The second-order valence-corrected chi connectivity index (χ2v) is 5.19. The van der Waals surface area contributed by atoms with Crippen LogP contribution >= 0.6 is 0 Å². The Bertz CT molecular complexity index is 388. The van der Waals surface area contributed by atoms with Gasteiger partial charge in [0.05, 0.1) is 11.4 Å². The van der Waals surface area contributed by atoms with Gasteiger partial charge in [0.15, 0.2) is 0 Å². The Labute approximate surface area is 96.5 Å². The Morgan fingerprint density at radius 3 is 2.88 bits per heavy atom. The SMILES string of the molecule is CCN1CC(C)(C)CNc2cc(F)ccc21. The molecule has 0 aromatic heterocycles. The average molecular weight is 222 g/mol. The molecule has 1 heterocycles. The third-order valence-electron chi connectivity index (χ3n) is 3.06. The minimum Gasteiger partial charge on any atom is -0.383 e. The van der Waals surface area contributed by atoms with E-state index in [4.69, 9.17) is 0 Å². The molecule has 1 aliphatic heterocycles. The second kappa shape index (κ2) is 3.96. The molecule has 1 aromatic carbocycles. The van der Waals surface area contributed by atoms with E-state index in [1.165, 1.54) is 6.07 Å². The predicted molar refractivity (Wildman–Crippen MR) is 66.6 cm³/mol. The molecule has 0 saturated heterocycles. The van der Waals surface area contributed by atoms with Gasteiger partial charge in [0.25, 0.3) is 0 Å². The van der Waals surface area contributed by atoms with Gasteiger partial charge in [-0.2, -0.15) is 0 Å². The molecule has 0 spiro atoms. The van der Waals surface area contributed by atoms with Crippen molar-refractivity contribution in [3.8, 4) is 0 Å². The number of benzene rings is 1. The summed E-state index contributed by atoms with van der Waals surface area (Å²) in [6, 6.07) is 4.98. The molecule has 1 aliphatic rings. The Hall–Kier alpha value is -1.25. The second-order valence-electron chi connectivity index (χ2n) is 5.19. The molecule has 0 atom stereocenters. The van der Waals surface area contributed by atoms with Crippen LogP contribution < -0.4 is 10.2 Å². The fraction of sp³-hybridized carbons (Fsp3) is 0.538. The number of fused-ring (bicyclic) bond motifs is 1. The van der Waals surface area contributed by atoms with Crippen LogP contribution in [-0.2, 0) is 0 Å². The normalized spacial score (nSPS) is 18.6. The lowest BCUT2D eigenvalue weighted by Crippen LogP contribution is -2.35. The summed E-state index contributed by atoms with van der Waals surface area (Å²) in [5.41, 5.74) is 2.22. The number of hydrogen-bond donors (Lipinski definition) is 1. The summed E-state index contributed by atoms with van der Waals surface area (Å²) < 4.78 is 13.2. The first-order valence-corrected chi connectivity index (χ1v) is 5.80. The van der Waals surface area contributed by atoms with Crippen LogP contribution in [-0.4, -0.2) is 19.6 Å². The van der Waals surface area contributed by atoms with Crippen LogP contribution in [0.2, 0.25) is 0 Å². The van der Waals surface area contributed by atoms with Crippen LogP contribution in [0.3, 0.4) is 0 Å². The van der Waals surface area contributed by atoms with E-state index in [0.717, 1.165) is 31.0 Å². The minimum atomic E-state index is -0.179. The highest BCUT2D eigenvalue weighted by Gasteiger charge is 2.26. The van der Waals surface area contributed by atoms with Crippen molar-refractivity contribution in [2.75, 3.05) is 29.9 Å².